The molecular weight excluding hydrogens is 729 g/mol. The third kappa shape index (κ3) is 8.89. The lowest BCUT2D eigenvalue weighted by Crippen LogP contribution is -1.90. The molecule has 0 aliphatic rings. The van der Waals surface area contributed by atoms with Crippen molar-refractivity contribution in [2.45, 2.75) is 0 Å². The van der Waals surface area contributed by atoms with Crippen LogP contribution in [0.3, 0.4) is 0 Å². The van der Waals surface area contributed by atoms with Crippen LogP contribution in [-0.2, 0) is 0 Å². The van der Waals surface area contributed by atoms with Crippen molar-refractivity contribution in [1.82, 2.24) is 19.9 Å². The standard InChI is InChI=1S/2C28H20N2/c1-3-7-21(8-4-1)23-11-15-25(16-12-23)27-19-30-28(20-29-27)26-17-13-24(14-18-26)22-9-5-2-6-10-22;1-3-7-21(8-4-1)23-11-13-25(14-12-23)27-19-29-28(30-20-27)26-17-15-24(16-18-26)22-9-5-2-6-10-22/h2*1-20H. The van der Waals surface area contributed by atoms with Crippen molar-refractivity contribution in [3.8, 4) is 89.5 Å². The highest BCUT2D eigenvalue weighted by Crippen LogP contribution is 2.28. The first-order valence-electron chi connectivity index (χ1n) is 20.0. The predicted molar refractivity (Wildman–Crippen MR) is 248 cm³/mol. The third-order valence-corrected chi connectivity index (χ3v) is 10.5. The highest BCUT2D eigenvalue weighted by molar-refractivity contribution is 5.73. The van der Waals surface area contributed by atoms with Gasteiger partial charge in [0.2, 0.25) is 0 Å². The summed E-state index contributed by atoms with van der Waals surface area (Å²) in [5.41, 5.74) is 16.7. The summed E-state index contributed by atoms with van der Waals surface area (Å²) in [5, 5.41) is 0. The van der Waals surface area contributed by atoms with Gasteiger partial charge in [0.25, 0.3) is 0 Å². The summed E-state index contributed by atoms with van der Waals surface area (Å²) in [6, 6.07) is 75.3. The fraction of sp³-hybridized carbons (Fsp3) is 0. The lowest BCUT2D eigenvalue weighted by molar-refractivity contribution is 1.18. The van der Waals surface area contributed by atoms with Crippen LogP contribution in [0.25, 0.3) is 89.5 Å². The van der Waals surface area contributed by atoms with E-state index in [0.29, 0.717) is 0 Å². The molecule has 10 aromatic rings. The van der Waals surface area contributed by atoms with Crippen LogP contribution in [0.1, 0.15) is 0 Å². The maximum Gasteiger partial charge on any atom is 0.159 e. The largest absolute Gasteiger partial charge is 0.252 e. The zero-order valence-electron chi connectivity index (χ0n) is 32.9. The summed E-state index contributed by atoms with van der Waals surface area (Å²) < 4.78 is 0. The Labute approximate surface area is 351 Å². The van der Waals surface area contributed by atoms with Crippen molar-refractivity contribution in [2.75, 3.05) is 0 Å². The SMILES string of the molecule is c1ccc(-c2ccc(-c3cnc(-c4ccc(-c5ccccc5)cc4)cn3)cc2)cc1.c1ccc(-c2ccc(-c3cnc(-c4ccc(-c5ccccc5)cc4)nc3)cc2)cc1. The number of rotatable bonds is 8. The van der Waals surface area contributed by atoms with Gasteiger partial charge in [0, 0.05) is 34.6 Å². The lowest BCUT2D eigenvalue weighted by atomic mass is 10.0. The zero-order valence-corrected chi connectivity index (χ0v) is 32.9. The fourth-order valence-corrected chi connectivity index (χ4v) is 7.11. The Hall–Kier alpha value is -8.08. The lowest BCUT2D eigenvalue weighted by Gasteiger charge is -2.06. The van der Waals surface area contributed by atoms with E-state index in [2.05, 4.69) is 214 Å². The molecule has 60 heavy (non-hydrogen) atoms. The number of nitrogens with zero attached hydrogens (tertiary/aromatic N) is 4. The topological polar surface area (TPSA) is 51.6 Å². The van der Waals surface area contributed by atoms with Crippen LogP contribution in [0, 0.1) is 0 Å². The van der Waals surface area contributed by atoms with Crippen molar-refractivity contribution < 1.29 is 0 Å². The van der Waals surface area contributed by atoms with E-state index in [1.165, 1.54) is 44.5 Å². The van der Waals surface area contributed by atoms with Crippen molar-refractivity contribution >= 4 is 0 Å². The monoisotopic (exact) mass is 768 g/mol. The molecule has 0 atom stereocenters. The Morgan fingerprint density at radius 1 is 0.167 bits per heavy atom. The van der Waals surface area contributed by atoms with Crippen molar-refractivity contribution in [3.05, 3.63) is 243 Å². The number of aromatic nitrogens is 4. The number of hydrogen-bond donors (Lipinski definition) is 0. The van der Waals surface area contributed by atoms with Gasteiger partial charge in [-0.05, 0) is 50.1 Å². The second-order valence-corrected chi connectivity index (χ2v) is 14.4. The Morgan fingerprint density at radius 2 is 0.400 bits per heavy atom. The molecule has 284 valence electrons. The highest BCUT2D eigenvalue weighted by atomic mass is 14.9. The highest BCUT2D eigenvalue weighted by Gasteiger charge is 2.07. The Balaban J connectivity index is 0.000000154. The molecule has 2 aromatic heterocycles. The van der Waals surface area contributed by atoms with Gasteiger partial charge >= 0.3 is 0 Å². The van der Waals surface area contributed by atoms with Crippen LogP contribution in [0.5, 0.6) is 0 Å². The summed E-state index contributed by atoms with van der Waals surface area (Å²) in [6.07, 6.45) is 7.48. The zero-order chi connectivity index (χ0) is 40.4. The fourth-order valence-electron chi connectivity index (χ4n) is 7.11. The first kappa shape index (κ1) is 37.5. The summed E-state index contributed by atoms with van der Waals surface area (Å²) >= 11 is 0. The summed E-state index contributed by atoms with van der Waals surface area (Å²) in [7, 11) is 0. The molecule has 0 saturated heterocycles. The minimum absolute atomic E-state index is 0.735. The van der Waals surface area contributed by atoms with E-state index in [-0.39, 0.29) is 0 Å². The summed E-state index contributed by atoms with van der Waals surface area (Å²) in [4.78, 5) is 18.5. The quantitative estimate of drug-likeness (QED) is 0.154. The normalized spacial score (nSPS) is 10.7. The molecule has 4 heteroatoms. The molecule has 0 radical (unpaired) electrons. The van der Waals surface area contributed by atoms with Crippen LogP contribution in [0.2, 0.25) is 0 Å². The molecule has 0 amide bonds. The first-order valence-corrected chi connectivity index (χ1v) is 20.0. The molecule has 0 saturated carbocycles. The molecular formula is C56H40N4. The number of hydrogen-bond acceptors (Lipinski definition) is 4. The maximum atomic E-state index is 4.65. The van der Waals surface area contributed by atoms with E-state index < -0.39 is 0 Å². The van der Waals surface area contributed by atoms with Crippen LogP contribution in [0.4, 0.5) is 0 Å². The van der Waals surface area contributed by atoms with E-state index in [0.717, 1.165) is 45.0 Å². The molecule has 0 bridgehead atoms. The van der Waals surface area contributed by atoms with Gasteiger partial charge in [0.15, 0.2) is 5.82 Å². The summed E-state index contributed by atoms with van der Waals surface area (Å²) in [5.74, 6) is 0.735. The minimum Gasteiger partial charge on any atom is -0.252 e. The molecule has 0 aliphatic heterocycles. The van der Waals surface area contributed by atoms with E-state index in [1.807, 2.05) is 49.1 Å². The molecule has 0 N–H and O–H groups in total. The van der Waals surface area contributed by atoms with Gasteiger partial charge in [-0.15, -0.1) is 0 Å². The van der Waals surface area contributed by atoms with Gasteiger partial charge in [-0.2, -0.15) is 0 Å². The van der Waals surface area contributed by atoms with Crippen LogP contribution < -0.4 is 0 Å². The van der Waals surface area contributed by atoms with Crippen LogP contribution in [0.15, 0.2) is 243 Å². The smallest absolute Gasteiger partial charge is 0.159 e. The molecule has 0 unspecified atom stereocenters. The van der Waals surface area contributed by atoms with Gasteiger partial charge in [-0.3, -0.25) is 9.97 Å². The predicted octanol–water partition coefficient (Wildman–Crippen LogP) is 14.3. The van der Waals surface area contributed by atoms with Gasteiger partial charge < -0.3 is 0 Å². The molecule has 0 spiro atoms. The molecule has 4 nitrogen and oxygen atoms in total. The van der Waals surface area contributed by atoms with Gasteiger partial charge in [0.05, 0.1) is 23.8 Å². The van der Waals surface area contributed by atoms with Gasteiger partial charge in [-0.1, -0.05) is 218 Å². The summed E-state index contributed by atoms with van der Waals surface area (Å²) in [6.45, 7) is 0. The van der Waals surface area contributed by atoms with Crippen molar-refractivity contribution in [2.24, 2.45) is 0 Å². The van der Waals surface area contributed by atoms with E-state index in [1.54, 1.807) is 0 Å². The second kappa shape index (κ2) is 18.0. The molecule has 0 aliphatic carbocycles. The van der Waals surface area contributed by atoms with E-state index in [9.17, 15) is 0 Å². The van der Waals surface area contributed by atoms with E-state index in [4.69, 9.17) is 0 Å². The van der Waals surface area contributed by atoms with Crippen molar-refractivity contribution in [3.63, 3.8) is 0 Å². The second-order valence-electron chi connectivity index (χ2n) is 14.4. The van der Waals surface area contributed by atoms with Crippen LogP contribution >= 0.6 is 0 Å². The Bertz CT molecular complexity index is 2450. The molecule has 8 aromatic carbocycles. The first-order chi connectivity index (χ1) is 29.7. The van der Waals surface area contributed by atoms with Gasteiger partial charge in [-0.25, -0.2) is 9.97 Å². The molecule has 2 heterocycles. The number of benzene rings is 8. The van der Waals surface area contributed by atoms with Gasteiger partial charge in [0.1, 0.15) is 0 Å². The Kier molecular flexibility index (Phi) is 11.3. The third-order valence-electron chi connectivity index (χ3n) is 10.5. The minimum atomic E-state index is 0.735. The Morgan fingerprint density at radius 3 is 0.683 bits per heavy atom. The molecule has 10 rings (SSSR count). The van der Waals surface area contributed by atoms with E-state index >= 15 is 0 Å². The van der Waals surface area contributed by atoms with Crippen LogP contribution in [-0.4, -0.2) is 19.9 Å². The molecule has 0 fully saturated rings. The maximum absolute atomic E-state index is 4.65. The average molecular weight is 769 g/mol. The average Bonchev–Trinajstić information content (AvgIpc) is 3.36. The van der Waals surface area contributed by atoms with Crippen molar-refractivity contribution in [1.29, 1.82) is 0 Å².